The Kier molecular flexibility index (Phi) is 5.33. The molecule has 0 unspecified atom stereocenters. The Morgan fingerprint density at radius 2 is 1.79 bits per heavy atom. The van der Waals surface area contributed by atoms with Crippen LogP contribution in [-0.4, -0.2) is 36.5 Å². The van der Waals surface area contributed by atoms with Gasteiger partial charge in [0, 0.05) is 18.0 Å². The summed E-state index contributed by atoms with van der Waals surface area (Å²) in [4.78, 5) is 24.8. The number of rotatable bonds is 6. The van der Waals surface area contributed by atoms with E-state index in [4.69, 9.17) is 14.2 Å². The van der Waals surface area contributed by atoms with Crippen LogP contribution in [-0.2, 0) is 11.3 Å². The van der Waals surface area contributed by atoms with Crippen LogP contribution in [0.25, 0.3) is 10.9 Å². The number of fused-ring (bicyclic) bond motifs is 1. The Morgan fingerprint density at radius 3 is 2.33 bits per heavy atom. The van der Waals surface area contributed by atoms with E-state index in [1.165, 1.54) is 24.9 Å². The maximum atomic E-state index is 12.7. The van der Waals surface area contributed by atoms with Gasteiger partial charge >= 0.3 is 5.97 Å². The predicted molar refractivity (Wildman–Crippen MR) is 89.2 cm³/mol. The molecule has 0 atom stereocenters. The fourth-order valence-corrected chi connectivity index (χ4v) is 2.59. The molecular weight excluding hydrogens is 314 g/mol. The molecular formula is C17H21NO6. The second-order valence-electron chi connectivity index (χ2n) is 5.13. The minimum atomic E-state index is -0.846. The quantitative estimate of drug-likeness (QED) is 0.815. The number of hydrogen-bond acceptors (Lipinski definition) is 6. The van der Waals surface area contributed by atoms with Crippen LogP contribution in [0.15, 0.2) is 16.9 Å². The van der Waals surface area contributed by atoms with E-state index in [1.807, 2.05) is 6.92 Å². The Morgan fingerprint density at radius 1 is 1.17 bits per heavy atom. The van der Waals surface area contributed by atoms with Gasteiger partial charge in [0.15, 0.2) is 17.1 Å². The van der Waals surface area contributed by atoms with Gasteiger partial charge in [-0.1, -0.05) is 6.92 Å². The molecule has 2 rings (SSSR count). The molecule has 0 amide bonds. The van der Waals surface area contributed by atoms with Crippen molar-refractivity contribution in [3.63, 3.8) is 0 Å². The number of carbonyl (C=O) groups is 1. The number of nitrogens with zero attached hydrogens (tertiary/aromatic N) is 1. The molecule has 7 heteroatoms. The highest BCUT2D eigenvalue weighted by Gasteiger charge is 2.24. The van der Waals surface area contributed by atoms with Gasteiger partial charge in [0.2, 0.25) is 0 Å². The number of esters is 1. The van der Waals surface area contributed by atoms with Crippen LogP contribution in [0.3, 0.4) is 0 Å². The summed E-state index contributed by atoms with van der Waals surface area (Å²) < 4.78 is 16.8. The molecule has 1 aromatic heterocycles. The molecule has 0 spiro atoms. The highest BCUT2D eigenvalue weighted by atomic mass is 16.5. The Balaban J connectivity index is 2.91. The molecule has 2 aromatic rings. The van der Waals surface area contributed by atoms with Gasteiger partial charge in [0.1, 0.15) is 5.75 Å². The molecule has 0 aliphatic heterocycles. The summed E-state index contributed by atoms with van der Waals surface area (Å²) in [5, 5.41) is 10.8. The first kappa shape index (κ1) is 17.7. The van der Waals surface area contributed by atoms with Crippen LogP contribution in [0, 0.1) is 0 Å². The zero-order chi connectivity index (χ0) is 17.9. The van der Waals surface area contributed by atoms with Crippen molar-refractivity contribution in [3.8, 4) is 17.2 Å². The summed E-state index contributed by atoms with van der Waals surface area (Å²) >= 11 is 0. The molecule has 130 valence electrons. The molecule has 0 fully saturated rings. The molecule has 0 radical (unpaired) electrons. The van der Waals surface area contributed by atoms with Crippen molar-refractivity contribution in [2.75, 3.05) is 20.8 Å². The molecule has 1 N–H and O–H groups in total. The van der Waals surface area contributed by atoms with Crippen LogP contribution in [0.5, 0.6) is 17.2 Å². The summed E-state index contributed by atoms with van der Waals surface area (Å²) in [6, 6.07) is 3.15. The third kappa shape index (κ3) is 2.89. The minimum Gasteiger partial charge on any atom is -0.506 e. The number of methoxy groups -OCH3 is 2. The number of benzene rings is 1. The van der Waals surface area contributed by atoms with Crippen molar-refractivity contribution < 1.29 is 24.1 Å². The smallest absolute Gasteiger partial charge is 0.347 e. The Hall–Kier alpha value is -2.70. The van der Waals surface area contributed by atoms with Crippen LogP contribution >= 0.6 is 0 Å². The summed E-state index contributed by atoms with van der Waals surface area (Å²) in [6.07, 6.45) is 0.677. The molecule has 0 bridgehead atoms. The number of carbonyl (C=O) groups excluding carboxylic acids is 1. The lowest BCUT2D eigenvalue weighted by atomic mass is 10.1. The van der Waals surface area contributed by atoms with Gasteiger partial charge < -0.3 is 23.9 Å². The topological polar surface area (TPSA) is 87.0 Å². The third-order valence-electron chi connectivity index (χ3n) is 3.67. The van der Waals surface area contributed by atoms with Gasteiger partial charge in [-0.3, -0.25) is 4.79 Å². The maximum absolute atomic E-state index is 12.7. The monoisotopic (exact) mass is 335 g/mol. The lowest BCUT2D eigenvalue weighted by Gasteiger charge is -2.16. The number of hydrogen-bond donors (Lipinski definition) is 1. The van der Waals surface area contributed by atoms with Crippen molar-refractivity contribution in [3.05, 3.63) is 28.0 Å². The number of ether oxygens (including phenoxy) is 3. The largest absolute Gasteiger partial charge is 0.506 e. The van der Waals surface area contributed by atoms with E-state index < -0.39 is 17.3 Å². The predicted octanol–water partition coefficient (Wildman–Crippen LogP) is 2.31. The van der Waals surface area contributed by atoms with E-state index in [0.717, 1.165) is 0 Å². The number of aromatic nitrogens is 1. The summed E-state index contributed by atoms with van der Waals surface area (Å²) in [5.41, 5.74) is -0.498. The zero-order valence-electron chi connectivity index (χ0n) is 14.2. The van der Waals surface area contributed by atoms with Crippen LogP contribution in [0.2, 0.25) is 0 Å². The van der Waals surface area contributed by atoms with Gasteiger partial charge in [-0.25, -0.2) is 4.79 Å². The summed E-state index contributed by atoms with van der Waals surface area (Å²) in [6.45, 7) is 4.04. The Bertz CT molecular complexity index is 824. The van der Waals surface area contributed by atoms with E-state index in [-0.39, 0.29) is 12.2 Å². The molecule has 0 saturated heterocycles. The summed E-state index contributed by atoms with van der Waals surface area (Å²) in [5.74, 6) is -0.447. The molecule has 1 heterocycles. The second kappa shape index (κ2) is 7.25. The van der Waals surface area contributed by atoms with E-state index in [2.05, 4.69) is 0 Å². The first-order valence-electron chi connectivity index (χ1n) is 7.68. The number of pyridine rings is 1. The highest BCUT2D eigenvalue weighted by molar-refractivity contribution is 6.00. The molecule has 1 aromatic carbocycles. The first-order chi connectivity index (χ1) is 11.5. The van der Waals surface area contributed by atoms with Crippen molar-refractivity contribution in [2.45, 2.75) is 26.8 Å². The minimum absolute atomic E-state index is 0.107. The average Bonchev–Trinajstić information content (AvgIpc) is 2.57. The lowest BCUT2D eigenvalue weighted by molar-refractivity contribution is 0.0520. The van der Waals surface area contributed by atoms with Gasteiger partial charge in [-0.2, -0.15) is 0 Å². The van der Waals surface area contributed by atoms with Gasteiger partial charge in [0.25, 0.3) is 5.56 Å². The number of aryl methyl sites for hydroxylation is 1. The molecule has 7 nitrogen and oxygen atoms in total. The first-order valence-corrected chi connectivity index (χ1v) is 7.68. The molecule has 0 aliphatic carbocycles. The standard InChI is InChI=1S/C17H21NO6/c1-5-7-18-11-9-13(23-4)12(22-3)8-10(11)15(19)14(16(18)20)17(21)24-6-2/h8-9,19H,5-7H2,1-4H3. The van der Waals surface area contributed by atoms with Crippen LogP contribution in [0.4, 0.5) is 0 Å². The van der Waals surface area contributed by atoms with Gasteiger partial charge in [0.05, 0.1) is 26.3 Å². The van der Waals surface area contributed by atoms with Crippen molar-refractivity contribution in [1.29, 1.82) is 0 Å². The van der Waals surface area contributed by atoms with Crippen LogP contribution in [0.1, 0.15) is 30.6 Å². The fourth-order valence-electron chi connectivity index (χ4n) is 2.59. The number of aromatic hydroxyl groups is 1. The molecule has 0 aliphatic rings. The van der Waals surface area contributed by atoms with E-state index >= 15 is 0 Å². The maximum Gasteiger partial charge on any atom is 0.347 e. The average molecular weight is 335 g/mol. The molecule has 0 saturated carbocycles. The summed E-state index contributed by atoms with van der Waals surface area (Å²) in [7, 11) is 2.95. The van der Waals surface area contributed by atoms with Gasteiger partial charge in [-0.05, 0) is 19.4 Å². The normalized spacial score (nSPS) is 10.7. The second-order valence-corrected chi connectivity index (χ2v) is 5.13. The SMILES string of the molecule is CCCn1c(=O)c(C(=O)OCC)c(O)c2cc(OC)c(OC)cc21. The van der Waals surface area contributed by atoms with Gasteiger partial charge in [-0.15, -0.1) is 0 Å². The van der Waals surface area contributed by atoms with E-state index in [9.17, 15) is 14.7 Å². The van der Waals surface area contributed by atoms with E-state index in [0.29, 0.717) is 35.4 Å². The van der Waals surface area contributed by atoms with E-state index in [1.54, 1.807) is 13.0 Å². The fraction of sp³-hybridized carbons (Fsp3) is 0.412. The van der Waals surface area contributed by atoms with Crippen molar-refractivity contribution in [1.82, 2.24) is 4.57 Å². The third-order valence-corrected chi connectivity index (χ3v) is 3.67. The zero-order valence-corrected chi connectivity index (χ0v) is 14.2. The lowest BCUT2D eigenvalue weighted by Crippen LogP contribution is -2.28. The highest BCUT2D eigenvalue weighted by Crippen LogP contribution is 2.36. The Labute approximate surface area is 139 Å². The molecule has 24 heavy (non-hydrogen) atoms. The van der Waals surface area contributed by atoms with Crippen molar-refractivity contribution in [2.24, 2.45) is 0 Å². The van der Waals surface area contributed by atoms with Crippen LogP contribution < -0.4 is 15.0 Å². The van der Waals surface area contributed by atoms with Crippen molar-refractivity contribution >= 4 is 16.9 Å².